The molecule has 0 aliphatic carbocycles. The molecule has 3 rings (SSSR count). The standard InChI is InChI=1S/C18H18ClN5O2S/c1-2-26-15-8-6-12(7-9-15)17-22-23-18(24(17)20)27-11-16(25)21-14-5-3-4-13(19)10-14/h3-10H,2,11,20H2,1H3,(H,21,25). The number of benzene rings is 2. The van der Waals surface area contributed by atoms with Crippen LogP contribution in [0.2, 0.25) is 5.02 Å². The second kappa shape index (κ2) is 8.79. The molecule has 1 amide bonds. The number of rotatable bonds is 7. The molecule has 0 atom stereocenters. The Morgan fingerprint density at radius 3 is 2.74 bits per heavy atom. The van der Waals surface area contributed by atoms with Crippen molar-refractivity contribution in [2.45, 2.75) is 12.1 Å². The zero-order valence-electron chi connectivity index (χ0n) is 14.6. The van der Waals surface area contributed by atoms with Gasteiger partial charge in [0.05, 0.1) is 12.4 Å². The van der Waals surface area contributed by atoms with Crippen LogP contribution in [0, 0.1) is 0 Å². The molecule has 2 aromatic carbocycles. The number of halogens is 1. The van der Waals surface area contributed by atoms with E-state index in [-0.39, 0.29) is 11.7 Å². The fourth-order valence-corrected chi connectivity index (χ4v) is 3.18. The van der Waals surface area contributed by atoms with Gasteiger partial charge >= 0.3 is 0 Å². The van der Waals surface area contributed by atoms with E-state index in [1.165, 1.54) is 16.4 Å². The van der Waals surface area contributed by atoms with Gasteiger partial charge in [-0.05, 0) is 49.4 Å². The van der Waals surface area contributed by atoms with Crippen LogP contribution in [0.15, 0.2) is 53.7 Å². The molecule has 0 aliphatic rings. The lowest BCUT2D eigenvalue weighted by atomic mass is 10.2. The summed E-state index contributed by atoms with van der Waals surface area (Å²) < 4.78 is 6.79. The molecule has 0 saturated carbocycles. The summed E-state index contributed by atoms with van der Waals surface area (Å²) in [5, 5.41) is 11.9. The number of nitrogens with two attached hydrogens (primary N) is 1. The average molecular weight is 404 g/mol. The van der Waals surface area contributed by atoms with Crippen LogP contribution in [-0.4, -0.2) is 33.1 Å². The van der Waals surface area contributed by atoms with Crippen LogP contribution in [0.25, 0.3) is 11.4 Å². The van der Waals surface area contributed by atoms with E-state index in [1.807, 2.05) is 31.2 Å². The quantitative estimate of drug-likeness (QED) is 0.463. The summed E-state index contributed by atoms with van der Waals surface area (Å²) in [5.41, 5.74) is 1.45. The highest BCUT2D eigenvalue weighted by Crippen LogP contribution is 2.24. The maximum Gasteiger partial charge on any atom is 0.234 e. The number of hydrogen-bond donors (Lipinski definition) is 2. The van der Waals surface area contributed by atoms with Crippen molar-refractivity contribution in [2.24, 2.45) is 0 Å². The molecule has 0 bridgehead atoms. The van der Waals surface area contributed by atoms with E-state index in [9.17, 15) is 4.79 Å². The maximum absolute atomic E-state index is 12.1. The van der Waals surface area contributed by atoms with Crippen LogP contribution >= 0.6 is 23.4 Å². The largest absolute Gasteiger partial charge is 0.494 e. The first kappa shape index (κ1) is 19.1. The molecule has 1 heterocycles. The van der Waals surface area contributed by atoms with Crippen molar-refractivity contribution in [1.82, 2.24) is 14.9 Å². The smallest absolute Gasteiger partial charge is 0.234 e. The Labute approximate surface area is 165 Å². The van der Waals surface area contributed by atoms with E-state index >= 15 is 0 Å². The average Bonchev–Trinajstić information content (AvgIpc) is 3.02. The summed E-state index contributed by atoms with van der Waals surface area (Å²) >= 11 is 7.11. The molecule has 0 unspecified atom stereocenters. The van der Waals surface area contributed by atoms with Crippen molar-refractivity contribution < 1.29 is 9.53 Å². The molecule has 0 spiro atoms. The van der Waals surface area contributed by atoms with Crippen molar-refractivity contribution in [3.63, 3.8) is 0 Å². The van der Waals surface area contributed by atoms with Gasteiger partial charge in [0.2, 0.25) is 11.1 Å². The van der Waals surface area contributed by atoms with Crippen LogP contribution in [-0.2, 0) is 4.79 Å². The van der Waals surface area contributed by atoms with Gasteiger partial charge in [0.1, 0.15) is 5.75 Å². The van der Waals surface area contributed by atoms with Gasteiger partial charge in [-0.25, -0.2) is 4.68 Å². The molecular formula is C18H18ClN5O2S. The Morgan fingerprint density at radius 1 is 1.26 bits per heavy atom. The molecule has 27 heavy (non-hydrogen) atoms. The number of thioether (sulfide) groups is 1. The zero-order chi connectivity index (χ0) is 19.2. The summed E-state index contributed by atoms with van der Waals surface area (Å²) in [6, 6.07) is 14.4. The summed E-state index contributed by atoms with van der Waals surface area (Å²) in [5.74, 6) is 7.32. The summed E-state index contributed by atoms with van der Waals surface area (Å²) in [6.07, 6.45) is 0. The Hall–Kier alpha value is -2.71. The van der Waals surface area contributed by atoms with Gasteiger partial charge in [0.25, 0.3) is 0 Å². The van der Waals surface area contributed by atoms with Crippen molar-refractivity contribution >= 4 is 35.0 Å². The number of nitrogens with zero attached hydrogens (tertiary/aromatic N) is 3. The van der Waals surface area contributed by atoms with Gasteiger partial charge in [-0.15, -0.1) is 10.2 Å². The minimum absolute atomic E-state index is 0.144. The molecule has 0 saturated heterocycles. The predicted molar refractivity (Wildman–Crippen MR) is 108 cm³/mol. The number of hydrogen-bond acceptors (Lipinski definition) is 6. The van der Waals surface area contributed by atoms with E-state index in [4.69, 9.17) is 22.2 Å². The Balaban J connectivity index is 1.62. The molecule has 140 valence electrons. The van der Waals surface area contributed by atoms with Crippen LogP contribution in [0.1, 0.15) is 6.92 Å². The van der Waals surface area contributed by atoms with Gasteiger partial charge in [-0.1, -0.05) is 29.4 Å². The third-order valence-electron chi connectivity index (χ3n) is 3.53. The van der Waals surface area contributed by atoms with Crippen LogP contribution in [0.4, 0.5) is 5.69 Å². The molecule has 0 aliphatic heterocycles. The second-order valence-electron chi connectivity index (χ2n) is 5.48. The number of amides is 1. The van der Waals surface area contributed by atoms with E-state index in [2.05, 4.69) is 15.5 Å². The first-order valence-electron chi connectivity index (χ1n) is 8.18. The lowest BCUT2D eigenvalue weighted by Gasteiger charge is -2.06. The van der Waals surface area contributed by atoms with E-state index in [1.54, 1.807) is 24.3 Å². The topological polar surface area (TPSA) is 95.1 Å². The number of carbonyl (C=O) groups is 1. The highest BCUT2D eigenvalue weighted by atomic mass is 35.5. The Bertz CT molecular complexity index is 930. The monoisotopic (exact) mass is 403 g/mol. The molecule has 7 nitrogen and oxygen atoms in total. The molecule has 9 heteroatoms. The van der Waals surface area contributed by atoms with E-state index < -0.39 is 0 Å². The van der Waals surface area contributed by atoms with Crippen molar-refractivity contribution in [3.8, 4) is 17.1 Å². The van der Waals surface area contributed by atoms with Gasteiger partial charge in [0, 0.05) is 16.3 Å². The number of nitrogen functional groups attached to an aromatic ring is 1. The summed E-state index contributed by atoms with van der Waals surface area (Å²) in [4.78, 5) is 12.1. The molecule has 0 radical (unpaired) electrons. The number of anilines is 1. The number of carbonyl (C=O) groups excluding carboxylic acids is 1. The normalized spacial score (nSPS) is 10.6. The molecule has 1 aromatic heterocycles. The van der Waals surface area contributed by atoms with Crippen molar-refractivity contribution in [1.29, 1.82) is 0 Å². The van der Waals surface area contributed by atoms with Crippen molar-refractivity contribution in [2.75, 3.05) is 23.5 Å². The maximum atomic E-state index is 12.1. The van der Waals surface area contributed by atoms with Gasteiger partial charge in [-0.3, -0.25) is 4.79 Å². The van der Waals surface area contributed by atoms with Gasteiger partial charge < -0.3 is 15.9 Å². The lowest BCUT2D eigenvalue weighted by molar-refractivity contribution is -0.113. The van der Waals surface area contributed by atoms with E-state index in [0.29, 0.717) is 28.3 Å². The zero-order valence-corrected chi connectivity index (χ0v) is 16.1. The van der Waals surface area contributed by atoms with E-state index in [0.717, 1.165) is 11.3 Å². The molecule has 0 fully saturated rings. The number of aromatic nitrogens is 3. The van der Waals surface area contributed by atoms with Crippen LogP contribution in [0.5, 0.6) is 5.75 Å². The fraction of sp³-hybridized carbons (Fsp3) is 0.167. The first-order valence-corrected chi connectivity index (χ1v) is 9.55. The fourth-order valence-electron chi connectivity index (χ4n) is 2.33. The SMILES string of the molecule is CCOc1ccc(-c2nnc(SCC(=O)Nc3cccc(Cl)c3)n2N)cc1. The predicted octanol–water partition coefficient (Wildman–Crippen LogP) is 3.44. The van der Waals surface area contributed by atoms with Crippen LogP contribution in [0.3, 0.4) is 0 Å². The summed E-state index contributed by atoms with van der Waals surface area (Å²) in [7, 11) is 0. The third-order valence-corrected chi connectivity index (χ3v) is 4.71. The molecule has 3 aromatic rings. The van der Waals surface area contributed by atoms with Gasteiger partial charge in [-0.2, -0.15) is 0 Å². The Kier molecular flexibility index (Phi) is 6.20. The minimum Gasteiger partial charge on any atom is -0.494 e. The first-order chi connectivity index (χ1) is 13.1. The highest BCUT2D eigenvalue weighted by molar-refractivity contribution is 7.99. The third kappa shape index (κ3) is 4.93. The van der Waals surface area contributed by atoms with Crippen molar-refractivity contribution in [3.05, 3.63) is 53.6 Å². The lowest BCUT2D eigenvalue weighted by Crippen LogP contribution is -2.16. The molecular weight excluding hydrogens is 386 g/mol. The minimum atomic E-state index is -0.187. The molecule has 3 N–H and O–H groups in total. The number of nitrogens with one attached hydrogen (secondary N) is 1. The second-order valence-corrected chi connectivity index (χ2v) is 6.86. The Morgan fingerprint density at radius 2 is 2.04 bits per heavy atom. The highest BCUT2D eigenvalue weighted by Gasteiger charge is 2.14. The summed E-state index contributed by atoms with van der Waals surface area (Å²) in [6.45, 7) is 2.53. The number of ether oxygens (including phenoxy) is 1. The van der Waals surface area contributed by atoms with Crippen LogP contribution < -0.4 is 15.9 Å². The van der Waals surface area contributed by atoms with Gasteiger partial charge in [0.15, 0.2) is 5.82 Å².